The van der Waals surface area contributed by atoms with Crippen molar-refractivity contribution in [2.45, 2.75) is 66.1 Å². The Labute approximate surface area is 164 Å². The Kier molecular flexibility index (Phi) is 11.4. The lowest BCUT2D eigenvalue weighted by Crippen LogP contribution is -2.41. The first-order chi connectivity index (χ1) is 10.8. The van der Waals surface area contributed by atoms with Crippen LogP contribution in [0.5, 0.6) is 0 Å². The van der Waals surface area contributed by atoms with E-state index in [9.17, 15) is 0 Å². The van der Waals surface area contributed by atoms with Crippen LogP contribution in [0.2, 0.25) is 0 Å². The van der Waals surface area contributed by atoms with Crippen LogP contribution < -0.4 is 10.6 Å². The Bertz CT molecular complexity index is 477. The molecule has 1 heterocycles. The first-order valence-electron chi connectivity index (χ1n) is 8.64. The molecule has 0 bridgehead atoms. The smallest absolute Gasteiger partial charge is 0.191 e. The standard InChI is InChI=1S/C18H34N4O.HI/c1-13(2)22(14(3)4)12-8-11-20-18(19-7)21-16(6)17-10-9-15(5)23-17;/h9-10,13-14,16H,8,11-12H2,1-7H3,(H2,19,20,21);1H. The first kappa shape index (κ1) is 23.2. The predicted molar refractivity (Wildman–Crippen MR) is 113 cm³/mol. The number of furan rings is 1. The molecule has 0 aliphatic heterocycles. The molecule has 0 saturated carbocycles. The number of rotatable bonds is 8. The van der Waals surface area contributed by atoms with E-state index in [1.54, 1.807) is 7.05 Å². The number of guanidine groups is 1. The van der Waals surface area contributed by atoms with Crippen molar-refractivity contribution >= 4 is 29.9 Å². The molecule has 0 aliphatic rings. The van der Waals surface area contributed by atoms with Crippen molar-refractivity contribution in [1.82, 2.24) is 15.5 Å². The molecule has 0 spiro atoms. The van der Waals surface area contributed by atoms with Gasteiger partial charge in [-0.2, -0.15) is 0 Å². The molecular formula is C18H35IN4O. The van der Waals surface area contributed by atoms with Gasteiger partial charge in [0.15, 0.2) is 5.96 Å². The molecule has 1 unspecified atom stereocenters. The first-order valence-corrected chi connectivity index (χ1v) is 8.64. The summed E-state index contributed by atoms with van der Waals surface area (Å²) in [4.78, 5) is 6.79. The van der Waals surface area contributed by atoms with Gasteiger partial charge in [0.05, 0.1) is 6.04 Å². The zero-order valence-corrected chi connectivity index (χ0v) is 18.5. The summed E-state index contributed by atoms with van der Waals surface area (Å²) in [5.41, 5.74) is 0. The molecule has 0 aromatic carbocycles. The van der Waals surface area contributed by atoms with E-state index >= 15 is 0 Å². The van der Waals surface area contributed by atoms with Gasteiger partial charge in [-0.05, 0) is 60.1 Å². The second-order valence-electron chi connectivity index (χ2n) is 6.59. The SMILES string of the molecule is CN=C(NCCCN(C(C)C)C(C)C)NC(C)c1ccc(C)o1.I. The van der Waals surface area contributed by atoms with Crippen LogP contribution in [0.1, 0.15) is 58.6 Å². The Morgan fingerprint density at radius 2 is 1.79 bits per heavy atom. The minimum Gasteiger partial charge on any atom is -0.464 e. The van der Waals surface area contributed by atoms with Crippen LogP contribution in [0.25, 0.3) is 0 Å². The minimum absolute atomic E-state index is 0. The van der Waals surface area contributed by atoms with Crippen LogP contribution >= 0.6 is 24.0 Å². The lowest BCUT2D eigenvalue weighted by Gasteiger charge is -2.30. The van der Waals surface area contributed by atoms with Crippen molar-refractivity contribution < 1.29 is 4.42 Å². The largest absolute Gasteiger partial charge is 0.464 e. The van der Waals surface area contributed by atoms with Crippen LogP contribution in [-0.2, 0) is 0 Å². The lowest BCUT2D eigenvalue weighted by atomic mass is 10.2. The molecule has 1 rings (SSSR count). The van der Waals surface area contributed by atoms with Gasteiger partial charge < -0.3 is 15.1 Å². The molecule has 0 radical (unpaired) electrons. The number of hydrogen-bond acceptors (Lipinski definition) is 3. The Balaban J connectivity index is 0.00000529. The quantitative estimate of drug-likeness (QED) is 0.273. The van der Waals surface area contributed by atoms with E-state index < -0.39 is 0 Å². The van der Waals surface area contributed by atoms with Gasteiger partial charge in [-0.15, -0.1) is 24.0 Å². The van der Waals surface area contributed by atoms with Crippen LogP contribution in [0.4, 0.5) is 0 Å². The van der Waals surface area contributed by atoms with Gasteiger partial charge >= 0.3 is 0 Å². The number of hydrogen-bond donors (Lipinski definition) is 2. The molecular weight excluding hydrogens is 415 g/mol. The van der Waals surface area contributed by atoms with E-state index in [4.69, 9.17) is 4.42 Å². The van der Waals surface area contributed by atoms with Crippen molar-refractivity contribution in [3.63, 3.8) is 0 Å². The lowest BCUT2D eigenvalue weighted by molar-refractivity contribution is 0.173. The highest BCUT2D eigenvalue weighted by Gasteiger charge is 2.13. The fourth-order valence-corrected chi connectivity index (χ4v) is 2.74. The summed E-state index contributed by atoms with van der Waals surface area (Å²) < 4.78 is 5.65. The Morgan fingerprint density at radius 1 is 1.17 bits per heavy atom. The van der Waals surface area contributed by atoms with Gasteiger partial charge in [-0.3, -0.25) is 9.89 Å². The van der Waals surface area contributed by atoms with Crippen molar-refractivity contribution in [2.24, 2.45) is 4.99 Å². The van der Waals surface area contributed by atoms with Gasteiger partial charge in [-0.25, -0.2) is 0 Å². The maximum absolute atomic E-state index is 5.65. The number of aryl methyl sites for hydroxylation is 1. The second kappa shape index (κ2) is 11.7. The molecule has 5 nitrogen and oxygen atoms in total. The molecule has 24 heavy (non-hydrogen) atoms. The minimum atomic E-state index is 0. The molecule has 1 aromatic heterocycles. The van der Waals surface area contributed by atoms with Crippen molar-refractivity contribution in [3.05, 3.63) is 23.7 Å². The summed E-state index contributed by atoms with van der Waals surface area (Å²) in [6.45, 7) is 15.0. The number of nitrogens with one attached hydrogen (secondary N) is 2. The third kappa shape index (κ3) is 7.88. The van der Waals surface area contributed by atoms with Gasteiger partial charge in [0.1, 0.15) is 11.5 Å². The Hall–Kier alpha value is -0.760. The number of halogens is 1. The fraction of sp³-hybridized carbons (Fsp3) is 0.722. The van der Waals surface area contributed by atoms with Crippen LogP contribution in [0, 0.1) is 6.92 Å². The van der Waals surface area contributed by atoms with Gasteiger partial charge in [0.25, 0.3) is 0 Å². The van der Waals surface area contributed by atoms with Crippen molar-refractivity contribution in [3.8, 4) is 0 Å². The summed E-state index contributed by atoms with van der Waals surface area (Å²) in [5, 5.41) is 6.74. The van der Waals surface area contributed by atoms with Gasteiger partial charge in [-0.1, -0.05) is 0 Å². The average Bonchev–Trinajstić information content (AvgIpc) is 2.91. The zero-order valence-electron chi connectivity index (χ0n) is 16.2. The van der Waals surface area contributed by atoms with E-state index in [2.05, 4.69) is 55.1 Å². The Morgan fingerprint density at radius 3 is 2.25 bits per heavy atom. The number of aliphatic imine (C=N–C) groups is 1. The normalized spacial score (nSPS) is 13.3. The molecule has 1 aromatic rings. The van der Waals surface area contributed by atoms with Crippen LogP contribution in [0.3, 0.4) is 0 Å². The topological polar surface area (TPSA) is 52.8 Å². The third-order valence-electron chi connectivity index (χ3n) is 3.98. The summed E-state index contributed by atoms with van der Waals surface area (Å²) in [6.07, 6.45) is 1.09. The van der Waals surface area contributed by atoms with E-state index in [0.717, 1.165) is 37.0 Å². The molecule has 140 valence electrons. The maximum atomic E-state index is 5.65. The molecule has 0 aliphatic carbocycles. The predicted octanol–water partition coefficient (Wildman–Crippen LogP) is 3.94. The fourth-order valence-electron chi connectivity index (χ4n) is 2.74. The highest BCUT2D eigenvalue weighted by molar-refractivity contribution is 14.0. The second-order valence-corrected chi connectivity index (χ2v) is 6.59. The zero-order chi connectivity index (χ0) is 17.4. The maximum Gasteiger partial charge on any atom is 0.191 e. The summed E-state index contributed by atoms with van der Waals surface area (Å²) in [6, 6.07) is 5.24. The molecule has 2 N–H and O–H groups in total. The highest BCUT2D eigenvalue weighted by Crippen LogP contribution is 2.15. The van der Waals surface area contributed by atoms with Crippen LogP contribution in [0.15, 0.2) is 21.5 Å². The monoisotopic (exact) mass is 450 g/mol. The summed E-state index contributed by atoms with van der Waals surface area (Å²) in [5.74, 6) is 2.67. The third-order valence-corrected chi connectivity index (χ3v) is 3.98. The van der Waals surface area contributed by atoms with E-state index in [-0.39, 0.29) is 30.0 Å². The molecule has 0 amide bonds. The van der Waals surface area contributed by atoms with Crippen molar-refractivity contribution in [2.75, 3.05) is 20.1 Å². The summed E-state index contributed by atoms with van der Waals surface area (Å²) >= 11 is 0. The molecule has 0 saturated heterocycles. The molecule has 6 heteroatoms. The van der Waals surface area contributed by atoms with Gasteiger partial charge in [0.2, 0.25) is 0 Å². The molecule has 0 fully saturated rings. The van der Waals surface area contributed by atoms with Gasteiger partial charge in [0, 0.05) is 32.2 Å². The van der Waals surface area contributed by atoms with E-state index in [1.165, 1.54) is 0 Å². The summed E-state index contributed by atoms with van der Waals surface area (Å²) in [7, 11) is 1.80. The van der Waals surface area contributed by atoms with Crippen molar-refractivity contribution in [1.29, 1.82) is 0 Å². The van der Waals surface area contributed by atoms with E-state index in [0.29, 0.717) is 12.1 Å². The van der Waals surface area contributed by atoms with E-state index in [1.807, 2.05) is 19.1 Å². The number of nitrogens with zero attached hydrogens (tertiary/aromatic N) is 2. The molecule has 1 atom stereocenters. The highest BCUT2D eigenvalue weighted by atomic mass is 127. The van der Waals surface area contributed by atoms with Crippen LogP contribution in [-0.4, -0.2) is 43.1 Å². The average molecular weight is 450 g/mol.